The fraction of sp³-hybridized carbons (Fsp3) is 0.509. The van der Waals surface area contributed by atoms with E-state index in [1.54, 1.807) is 66.9 Å². The van der Waals surface area contributed by atoms with Gasteiger partial charge in [0.1, 0.15) is 60.3 Å². The molecule has 2 fully saturated rings. The number of hydrogen-bond donors (Lipinski definition) is 18. The Labute approximate surface area is 505 Å². The minimum atomic E-state index is -2.51. The number of phenols is 1. The van der Waals surface area contributed by atoms with Crippen LogP contribution in [0.5, 0.6) is 5.75 Å². The summed E-state index contributed by atoms with van der Waals surface area (Å²) in [6.07, 6.45) is -6.46. The number of fused-ring (bicyclic) bond motifs is 1. The molecule has 0 radical (unpaired) electrons. The summed E-state index contributed by atoms with van der Waals surface area (Å²) in [5.41, 5.74) is 8.13. The third-order valence-electron chi connectivity index (χ3n) is 14.3. The van der Waals surface area contributed by atoms with Crippen molar-refractivity contribution >= 4 is 96.4 Å². The van der Waals surface area contributed by atoms with Crippen molar-refractivity contribution in [2.24, 2.45) is 5.73 Å². The number of aromatic hydroxyl groups is 1. The van der Waals surface area contributed by atoms with Gasteiger partial charge >= 0.3 is 0 Å². The lowest BCUT2D eigenvalue weighted by Gasteiger charge is -2.42. The maximum atomic E-state index is 15.1. The van der Waals surface area contributed by atoms with Gasteiger partial charge < -0.3 is 98.8 Å². The average Bonchev–Trinajstić information content (AvgIpc) is 3.97. The van der Waals surface area contributed by atoms with Crippen molar-refractivity contribution in [1.82, 2.24) is 47.5 Å². The molecule has 0 aliphatic carbocycles. The van der Waals surface area contributed by atoms with E-state index in [-0.39, 0.29) is 49.5 Å². The van der Waals surface area contributed by atoms with Crippen LogP contribution in [0.2, 0.25) is 0 Å². The first-order valence-corrected chi connectivity index (χ1v) is 30.8. The smallest absolute Gasteiger partial charge is 0.245 e. The van der Waals surface area contributed by atoms with Crippen LogP contribution in [0.15, 0.2) is 79.0 Å². The third-order valence-corrected chi connectivity index (χ3v) is 17.6. The number of ether oxygens (including phenoxy) is 1. The van der Waals surface area contributed by atoms with Gasteiger partial charge in [0, 0.05) is 41.4 Å². The molecule has 3 aromatic carbocycles. The lowest BCUT2D eigenvalue weighted by atomic mass is 9.96. The molecule has 2 saturated heterocycles. The molecular formula is C55H75IN10O16S2. The minimum Gasteiger partial charge on any atom is -0.507 e. The van der Waals surface area contributed by atoms with Crippen LogP contribution in [-0.2, 0) is 57.6 Å². The molecule has 26 nitrogen and oxygen atoms in total. The molecule has 1 aromatic heterocycles. The summed E-state index contributed by atoms with van der Waals surface area (Å²) in [6.45, 7) is 0.787. The van der Waals surface area contributed by atoms with Crippen LogP contribution in [0.3, 0.4) is 0 Å². The number of benzene rings is 3. The van der Waals surface area contributed by atoms with Crippen LogP contribution in [0.1, 0.15) is 49.8 Å². The van der Waals surface area contributed by atoms with Crippen LogP contribution in [-0.4, -0.2) is 210 Å². The molecule has 14 atom stereocenters. The maximum Gasteiger partial charge on any atom is 0.245 e. The Bertz CT molecular complexity index is 2880. The molecule has 460 valence electrons. The van der Waals surface area contributed by atoms with Gasteiger partial charge in [-0.25, -0.2) is 0 Å². The number of aliphatic hydroxyl groups excluding tert-OH is 6. The molecule has 7 unspecified atom stereocenters. The second-order valence-electron chi connectivity index (χ2n) is 20.8. The molecule has 0 saturated carbocycles. The number of phenolic OH excluding ortho intramolecular Hbond substituents is 1. The summed E-state index contributed by atoms with van der Waals surface area (Å²) < 4.78 is 5.75. The van der Waals surface area contributed by atoms with Gasteiger partial charge in [0.2, 0.25) is 47.1 Å². The number of unbranched alkanes of at least 4 members (excludes halogenated alkanes) is 1. The second-order valence-corrected chi connectivity index (χ2v) is 24.5. The zero-order valence-corrected chi connectivity index (χ0v) is 49.9. The number of halogens is 1. The first kappa shape index (κ1) is 67.4. The number of carbonyl (C=O) groups is 7. The summed E-state index contributed by atoms with van der Waals surface area (Å²) in [5.74, 6) is -9.68. The summed E-state index contributed by atoms with van der Waals surface area (Å²) in [4.78, 5) is 105. The van der Waals surface area contributed by atoms with E-state index < -0.39 is 146 Å². The van der Waals surface area contributed by atoms with Crippen LogP contribution >= 0.6 is 44.2 Å². The monoisotopic (exact) mass is 1320 g/mol. The van der Waals surface area contributed by atoms with E-state index in [0.717, 1.165) is 21.6 Å². The number of rotatable bonds is 20. The lowest BCUT2D eigenvalue weighted by molar-refractivity contribution is -0.318. The number of aromatic nitrogens is 1. The molecule has 84 heavy (non-hydrogen) atoms. The van der Waals surface area contributed by atoms with Crippen molar-refractivity contribution in [3.05, 3.63) is 99.3 Å². The van der Waals surface area contributed by atoms with Crippen molar-refractivity contribution in [2.45, 2.75) is 137 Å². The average molecular weight is 1320 g/mol. The molecule has 6 rings (SSSR count). The Kier molecular flexibility index (Phi) is 25.8. The fourth-order valence-corrected chi connectivity index (χ4v) is 12.2. The Balaban J connectivity index is 1.43. The van der Waals surface area contributed by atoms with E-state index in [4.69, 9.17) is 10.5 Å². The molecule has 0 spiro atoms. The minimum absolute atomic E-state index is 0.0334. The third kappa shape index (κ3) is 18.9. The summed E-state index contributed by atoms with van der Waals surface area (Å²) in [7, 11) is 1.85. The van der Waals surface area contributed by atoms with Crippen molar-refractivity contribution < 1.29 is 79.2 Å². The Morgan fingerprint density at radius 2 is 1.46 bits per heavy atom. The van der Waals surface area contributed by atoms with Gasteiger partial charge in [-0.3, -0.25) is 33.6 Å². The molecule has 0 bridgehead atoms. The van der Waals surface area contributed by atoms with E-state index in [1.165, 1.54) is 26.0 Å². The predicted molar refractivity (Wildman–Crippen MR) is 319 cm³/mol. The predicted octanol–water partition coefficient (Wildman–Crippen LogP) is -3.06. The molecule has 4 aromatic rings. The zero-order chi connectivity index (χ0) is 61.3. The number of H-pyrrole nitrogens is 1. The Hall–Kier alpha value is -5.68. The number of para-hydroxylation sites is 1. The number of aromatic amines is 1. The second kappa shape index (κ2) is 32.2. The zero-order valence-electron chi connectivity index (χ0n) is 46.1. The quantitative estimate of drug-likeness (QED) is 0.0237. The summed E-state index contributed by atoms with van der Waals surface area (Å²) in [6, 6.07) is 8.44. The van der Waals surface area contributed by atoms with Crippen LogP contribution in [0.4, 0.5) is 0 Å². The Morgan fingerprint density at radius 1 is 0.810 bits per heavy atom. The number of aliphatic hydroxyl groups is 7. The van der Waals surface area contributed by atoms with Gasteiger partial charge in [0.25, 0.3) is 0 Å². The van der Waals surface area contributed by atoms with Gasteiger partial charge in [-0.15, -0.1) is 0 Å². The molecule has 2 aliphatic heterocycles. The standard InChI is InChI=1S/C55H75IN10O16S2/c1-28(68)40(23-67)63-53(79)42-26-84-83-25-41(64-49(75)37(19-30-10-4-3-5-11-30)59-27-55(81)47(73)46(72)44(71)24-82-55)52(78)61-38(20-31-15-16-43(70)34(56)18-31)50(76)62-39(21-32-22-58-35-13-7-6-12-33(32)35)51(77)60-36(14-8-9-17-57)48(74)66-45(29(2)69)54(80)65-42/h3-7,10-13,15-16,18,22,28-29,36-42,44-47,58-59,67-73,81H,8-9,14,17,19-21,23-27,57H2,1-2H3,(H,60,77)(H,61,78)(H,62,76)(H,63,79)(H,64,75)(H,65,80)(H,66,74)/t28?,29?,36-,37?,38-,39+,40+,41?,42-,44?,45-,46+,47?,55?/m0/s1/i56-4. The van der Waals surface area contributed by atoms with Gasteiger partial charge in [-0.1, -0.05) is 76.2 Å². The normalized spacial score (nSPS) is 26.7. The number of nitrogens with two attached hydrogens (primary N) is 1. The number of nitrogens with one attached hydrogen (secondary N) is 9. The molecule has 2 aliphatic rings. The van der Waals surface area contributed by atoms with Crippen molar-refractivity contribution in [3.8, 4) is 5.75 Å². The van der Waals surface area contributed by atoms with E-state index in [0.29, 0.717) is 44.0 Å². The molecule has 19 N–H and O–H groups in total. The van der Waals surface area contributed by atoms with Crippen molar-refractivity contribution in [3.63, 3.8) is 0 Å². The highest BCUT2D eigenvalue weighted by Gasteiger charge is 2.49. The van der Waals surface area contributed by atoms with Gasteiger partial charge in [0.15, 0.2) is 0 Å². The van der Waals surface area contributed by atoms with Crippen LogP contribution in [0.25, 0.3) is 10.9 Å². The first-order valence-electron chi connectivity index (χ1n) is 27.3. The Morgan fingerprint density at radius 3 is 2.14 bits per heavy atom. The van der Waals surface area contributed by atoms with Gasteiger partial charge in [-0.05, 0) is 104 Å². The topological polar surface area (TPSA) is 429 Å². The summed E-state index contributed by atoms with van der Waals surface area (Å²) in [5, 5.41) is 107. The highest BCUT2D eigenvalue weighted by Crippen LogP contribution is 2.27. The van der Waals surface area contributed by atoms with Crippen LogP contribution in [0, 0.1) is 3.57 Å². The molecule has 29 heteroatoms. The van der Waals surface area contributed by atoms with Gasteiger partial charge in [0.05, 0.1) is 47.6 Å². The largest absolute Gasteiger partial charge is 0.507 e. The lowest BCUT2D eigenvalue weighted by Crippen LogP contribution is -2.66. The number of carbonyl (C=O) groups excluding carboxylic acids is 7. The SMILES string of the molecule is CC(O)[C@@H]1NC(=O)[C@H](CCCCN)NC(=O)[C@@H](Cc2c[nH]c3ccccc23)NC(=O)[C@H](Cc2ccc(O)c([123I])c2)NC(=O)C(NC(=O)C(Cc2ccccc2)NCC2(O)OCC(O)[C@@H](O)C2O)CSSC[C@@H](C(=O)N[C@H](CO)C(C)O)NC1=O. The molecule has 7 amide bonds. The fourth-order valence-electron chi connectivity index (χ4n) is 9.25. The number of hydrogen-bond acceptors (Lipinski definition) is 20. The maximum absolute atomic E-state index is 15.1. The van der Waals surface area contributed by atoms with Crippen molar-refractivity contribution in [2.75, 3.05) is 37.8 Å². The van der Waals surface area contributed by atoms with Crippen molar-refractivity contribution in [1.29, 1.82) is 0 Å². The van der Waals surface area contributed by atoms with E-state index in [9.17, 15) is 64.8 Å². The first-order chi connectivity index (χ1) is 40.0. The number of amides is 7. The summed E-state index contributed by atoms with van der Waals surface area (Å²) >= 11 is 1.89. The highest BCUT2D eigenvalue weighted by molar-refractivity contribution is 14.1. The van der Waals surface area contributed by atoms with E-state index in [1.807, 2.05) is 22.6 Å². The molecular weight excluding hydrogens is 1240 g/mol. The van der Waals surface area contributed by atoms with Gasteiger partial charge in [-0.2, -0.15) is 0 Å². The molecule has 3 heterocycles. The van der Waals surface area contributed by atoms with Crippen LogP contribution < -0.4 is 48.3 Å². The highest BCUT2D eigenvalue weighted by atomic mass is 123. The van der Waals surface area contributed by atoms with E-state index >= 15 is 9.59 Å². The van der Waals surface area contributed by atoms with E-state index in [2.05, 4.69) is 47.5 Å².